The van der Waals surface area contributed by atoms with Gasteiger partial charge in [-0.3, -0.25) is 9.59 Å². The molecule has 8 heteroatoms. The zero-order valence-corrected chi connectivity index (χ0v) is 17.3. The van der Waals surface area contributed by atoms with Gasteiger partial charge in [-0.15, -0.1) is 0 Å². The third-order valence-electron chi connectivity index (χ3n) is 3.22. The van der Waals surface area contributed by atoms with Crippen molar-refractivity contribution in [1.29, 1.82) is 0 Å². The molecular weight excluding hydrogens is 616 g/mol. The van der Waals surface area contributed by atoms with Crippen LogP contribution in [0.5, 0.6) is 0 Å². The summed E-state index contributed by atoms with van der Waals surface area (Å²) < 4.78 is 4.63. The van der Waals surface area contributed by atoms with Crippen LogP contribution in [-0.2, 0) is 19.2 Å². The number of hydrogen-bond donors (Lipinski definition) is 1. The maximum absolute atomic E-state index is 11.4. The molecule has 2 aliphatic rings. The Morgan fingerprint density at radius 1 is 1.22 bits per heavy atom. The molecule has 1 saturated carbocycles. The fourth-order valence-corrected chi connectivity index (χ4v) is 2.62. The van der Waals surface area contributed by atoms with Crippen LogP contribution in [-0.4, -0.2) is 24.2 Å². The number of methoxy groups -OCH3 is 1. The van der Waals surface area contributed by atoms with Gasteiger partial charge in [-0.05, 0) is 18.3 Å². The van der Waals surface area contributed by atoms with E-state index >= 15 is 0 Å². The molecule has 0 saturated heterocycles. The van der Waals surface area contributed by atoms with Gasteiger partial charge in [0.15, 0.2) is 0 Å². The summed E-state index contributed by atoms with van der Waals surface area (Å²) >= 11 is 7.39. The van der Waals surface area contributed by atoms with Gasteiger partial charge >= 0.3 is 76.8 Å². The molecule has 0 aromatic rings. The normalized spacial score (nSPS) is 32.1. The van der Waals surface area contributed by atoms with Gasteiger partial charge in [0.1, 0.15) is 0 Å². The number of ether oxygens (including phenoxy) is 1. The first-order chi connectivity index (χ1) is 8.38. The topological polar surface area (TPSA) is 63.6 Å². The number of carboxylic acids is 1. The minimum absolute atomic E-state index is 0.0154. The van der Waals surface area contributed by atoms with Gasteiger partial charge in [-0.2, -0.15) is 0 Å². The average molecular weight is 628 g/mol. The summed E-state index contributed by atoms with van der Waals surface area (Å²) in [5, 5.41) is 9.01. The predicted octanol–water partition coefficient (Wildman–Crippen LogP) is 3.34. The summed E-state index contributed by atoms with van der Waals surface area (Å²) in [6, 6.07) is 0. The zero-order chi connectivity index (χ0) is 13.9. The van der Waals surface area contributed by atoms with E-state index in [0.29, 0.717) is 0 Å². The van der Waals surface area contributed by atoms with Crippen LogP contribution in [0.15, 0.2) is 12.2 Å². The van der Waals surface area contributed by atoms with E-state index in [2.05, 4.69) is 64.7 Å². The molecule has 4 nitrogen and oxygen atoms in total. The molecule has 0 radical (unpaired) electrons. The summed E-state index contributed by atoms with van der Waals surface area (Å²) in [5.74, 6) is -2.27. The monoisotopic (exact) mass is 628 g/mol. The van der Waals surface area contributed by atoms with Crippen molar-refractivity contribution in [1.82, 2.24) is 0 Å². The molecule has 2 aliphatic carbocycles. The van der Waals surface area contributed by atoms with E-state index in [0.717, 1.165) is 6.42 Å². The van der Waals surface area contributed by atoms with Crippen LogP contribution in [0, 0.1) is 23.7 Å². The Hall–Kier alpha value is 1.45. The van der Waals surface area contributed by atoms with Crippen LogP contribution in [0.3, 0.4) is 0 Å². The first kappa shape index (κ1) is 17.5. The Morgan fingerprint density at radius 3 is 2.06 bits per heavy atom. The number of carbonyl (C=O) groups excluding carboxylic acids is 1. The van der Waals surface area contributed by atoms with E-state index in [1.165, 1.54) is 7.11 Å². The second-order valence-electron chi connectivity index (χ2n) is 4.05. The number of esters is 1. The second kappa shape index (κ2) is 8.03. The van der Waals surface area contributed by atoms with Crippen molar-refractivity contribution in [2.75, 3.05) is 7.11 Å². The molecule has 0 spiro atoms. The molecule has 0 aromatic heterocycles. The van der Waals surface area contributed by atoms with Crippen LogP contribution < -0.4 is 0 Å². The van der Waals surface area contributed by atoms with Gasteiger partial charge in [-0.25, -0.2) is 0 Å². The molecule has 4 atom stereocenters. The van der Waals surface area contributed by atoms with Crippen molar-refractivity contribution in [2.45, 2.75) is 6.42 Å². The number of rotatable bonds is 2. The maximum atomic E-state index is 11.4. The molecule has 102 valence electrons. The van der Waals surface area contributed by atoms with Crippen LogP contribution in [0.1, 0.15) is 6.42 Å². The number of carbonyl (C=O) groups is 2. The SMILES string of the molecule is COC(=O)C1C2C=CC(C2)C1C(=O)O.[I][V]([I])[I]. The van der Waals surface area contributed by atoms with Crippen LogP contribution >= 0.6 is 59.9 Å². The van der Waals surface area contributed by atoms with E-state index in [-0.39, 0.29) is 16.8 Å². The zero-order valence-electron chi connectivity index (χ0n) is 9.42. The average Bonchev–Trinajstić information content (AvgIpc) is 2.86. The number of hydrogen-bond acceptors (Lipinski definition) is 3. The number of halogens is 3. The number of carboxylic acid groups (broad SMARTS) is 1. The summed E-state index contributed by atoms with van der Waals surface area (Å²) in [6.07, 6.45) is 4.62. The van der Waals surface area contributed by atoms with Crippen molar-refractivity contribution in [3.8, 4) is 0 Å². The summed E-state index contributed by atoms with van der Waals surface area (Å²) in [7, 11) is 1.30. The Morgan fingerprint density at radius 2 is 1.67 bits per heavy atom. The van der Waals surface area contributed by atoms with E-state index in [1.807, 2.05) is 12.2 Å². The molecule has 18 heavy (non-hydrogen) atoms. The Kier molecular flexibility index (Phi) is 7.81. The summed E-state index contributed by atoms with van der Waals surface area (Å²) in [4.78, 5) is 22.1. The predicted molar refractivity (Wildman–Crippen MR) is 89.4 cm³/mol. The van der Waals surface area contributed by atoms with E-state index in [9.17, 15) is 9.59 Å². The molecule has 0 aliphatic heterocycles. The quantitative estimate of drug-likeness (QED) is 0.290. The third kappa shape index (κ3) is 4.49. The van der Waals surface area contributed by atoms with Crippen molar-refractivity contribution in [3.05, 3.63) is 12.2 Å². The molecule has 4 unspecified atom stereocenters. The molecule has 0 amide bonds. The number of fused-ring (bicyclic) bond motifs is 2. The molecule has 2 rings (SSSR count). The van der Waals surface area contributed by atoms with Crippen LogP contribution in [0.2, 0.25) is 0 Å². The van der Waals surface area contributed by atoms with Crippen LogP contribution in [0.25, 0.3) is 0 Å². The molecule has 1 fully saturated rings. The number of allylic oxidation sites excluding steroid dienone is 2. The summed E-state index contributed by atoms with van der Waals surface area (Å²) in [5.41, 5.74) is 0. The third-order valence-corrected chi connectivity index (χ3v) is 3.22. The molecular formula is C10H12I3O4V. The van der Waals surface area contributed by atoms with Gasteiger partial charge < -0.3 is 9.84 Å². The molecule has 0 heterocycles. The van der Waals surface area contributed by atoms with E-state index < -0.39 is 23.8 Å². The first-order valence-electron chi connectivity index (χ1n) is 5.15. The fraction of sp³-hybridized carbons (Fsp3) is 0.600. The number of aliphatic carboxylic acids is 1. The van der Waals surface area contributed by atoms with Gasteiger partial charge in [0.25, 0.3) is 0 Å². The van der Waals surface area contributed by atoms with Gasteiger partial charge in [0, 0.05) is 0 Å². The van der Waals surface area contributed by atoms with E-state index in [1.54, 1.807) is 0 Å². The summed E-state index contributed by atoms with van der Waals surface area (Å²) in [6.45, 7) is 0. The van der Waals surface area contributed by atoms with E-state index in [4.69, 9.17) is 5.11 Å². The van der Waals surface area contributed by atoms with Gasteiger partial charge in [-0.1, -0.05) is 12.2 Å². The van der Waals surface area contributed by atoms with Crippen molar-refractivity contribution < 1.29 is 24.4 Å². The molecule has 2 bridgehead atoms. The van der Waals surface area contributed by atoms with Crippen molar-refractivity contribution in [2.24, 2.45) is 23.7 Å². The van der Waals surface area contributed by atoms with Crippen LogP contribution in [0.4, 0.5) is 0 Å². The van der Waals surface area contributed by atoms with Crippen molar-refractivity contribution in [3.63, 3.8) is 0 Å². The Balaban J connectivity index is 0.000000357. The fourth-order valence-electron chi connectivity index (χ4n) is 2.62. The Bertz CT molecular complexity index is 358. The molecule has 0 aromatic carbocycles. The van der Waals surface area contributed by atoms with Crippen molar-refractivity contribution >= 4 is 71.9 Å². The Labute approximate surface area is 143 Å². The first-order valence-corrected chi connectivity index (χ1v) is 18.7. The standard InChI is InChI=1S/C10H12O4.3HI.V/c1-14-10(13)8-6-3-2-5(4-6)7(8)9(11)12;;;;/h2-3,5-8H,4H2,1H3,(H,11,12);3*1H;/q;;;;+3/p-3. The van der Waals surface area contributed by atoms with Gasteiger partial charge in [0.2, 0.25) is 0 Å². The molecule has 1 N–H and O–H groups in total. The minimum atomic E-state index is -0.891. The second-order valence-corrected chi connectivity index (χ2v) is 39.4. The van der Waals surface area contributed by atoms with Gasteiger partial charge in [0.05, 0.1) is 18.9 Å².